The Kier molecular flexibility index (Phi) is 5.08. The Labute approximate surface area is 172 Å². The van der Waals surface area contributed by atoms with Crippen molar-refractivity contribution in [3.8, 4) is 5.69 Å². The third-order valence-electron chi connectivity index (χ3n) is 5.56. The standard InChI is InChI=1S/C21H25N5O4/c1-5-30-11-10-24-19(28)17-18(23(4)21(24)29)22-20-25(13(2)14(3)26(17)20)16-8-6-15(12-27)7-9-16/h6-9,27H,5,10-12H2,1-4H3. The van der Waals surface area contributed by atoms with Crippen LogP contribution in [-0.2, 0) is 24.9 Å². The molecule has 30 heavy (non-hydrogen) atoms. The van der Waals surface area contributed by atoms with E-state index >= 15 is 0 Å². The van der Waals surface area contributed by atoms with Crippen LogP contribution in [0.1, 0.15) is 23.9 Å². The first kappa shape index (κ1) is 20.1. The number of aromatic nitrogens is 5. The number of aryl methyl sites for hydroxylation is 2. The zero-order valence-electron chi connectivity index (χ0n) is 17.5. The molecular formula is C21H25N5O4. The van der Waals surface area contributed by atoms with Crippen LogP contribution in [0.4, 0.5) is 0 Å². The maximum Gasteiger partial charge on any atom is 0.332 e. The topological polar surface area (TPSA) is 95.7 Å². The van der Waals surface area contributed by atoms with Gasteiger partial charge in [0.15, 0.2) is 11.2 Å². The van der Waals surface area contributed by atoms with Gasteiger partial charge in [0.1, 0.15) is 0 Å². The number of benzene rings is 1. The van der Waals surface area contributed by atoms with Crippen molar-refractivity contribution in [2.45, 2.75) is 33.9 Å². The molecule has 0 atom stereocenters. The van der Waals surface area contributed by atoms with Crippen LogP contribution in [0.5, 0.6) is 0 Å². The third-order valence-corrected chi connectivity index (χ3v) is 5.56. The molecule has 0 fully saturated rings. The molecule has 3 aromatic heterocycles. The summed E-state index contributed by atoms with van der Waals surface area (Å²) in [6.07, 6.45) is 0. The second-order valence-corrected chi connectivity index (χ2v) is 7.25. The van der Waals surface area contributed by atoms with Gasteiger partial charge in [0.05, 0.1) is 19.8 Å². The van der Waals surface area contributed by atoms with Gasteiger partial charge in [-0.05, 0) is 38.5 Å². The molecular weight excluding hydrogens is 386 g/mol. The van der Waals surface area contributed by atoms with E-state index < -0.39 is 5.69 Å². The van der Waals surface area contributed by atoms with Crippen LogP contribution >= 0.6 is 0 Å². The second-order valence-electron chi connectivity index (χ2n) is 7.25. The van der Waals surface area contributed by atoms with Crippen molar-refractivity contribution >= 4 is 16.9 Å². The Bertz CT molecular complexity index is 1360. The van der Waals surface area contributed by atoms with Gasteiger partial charge in [-0.1, -0.05) is 12.1 Å². The number of fused-ring (bicyclic) bond motifs is 3. The number of imidazole rings is 2. The highest BCUT2D eigenvalue weighted by molar-refractivity contribution is 5.77. The van der Waals surface area contributed by atoms with E-state index in [2.05, 4.69) is 4.98 Å². The molecule has 9 heteroatoms. The average Bonchev–Trinajstić information content (AvgIpc) is 3.25. The van der Waals surface area contributed by atoms with Crippen molar-refractivity contribution in [2.24, 2.45) is 7.05 Å². The number of hydrogen-bond donors (Lipinski definition) is 1. The lowest BCUT2D eigenvalue weighted by Crippen LogP contribution is -2.40. The predicted molar refractivity (Wildman–Crippen MR) is 113 cm³/mol. The number of hydrogen-bond acceptors (Lipinski definition) is 5. The van der Waals surface area contributed by atoms with Gasteiger partial charge < -0.3 is 9.84 Å². The lowest BCUT2D eigenvalue weighted by molar-refractivity contribution is 0.137. The van der Waals surface area contributed by atoms with Crippen LogP contribution in [-0.4, -0.2) is 41.4 Å². The highest BCUT2D eigenvalue weighted by Crippen LogP contribution is 2.24. The Morgan fingerprint density at radius 3 is 2.43 bits per heavy atom. The molecule has 0 amide bonds. The summed E-state index contributed by atoms with van der Waals surface area (Å²) in [6, 6.07) is 7.49. The highest BCUT2D eigenvalue weighted by Gasteiger charge is 2.23. The van der Waals surface area contributed by atoms with Crippen molar-refractivity contribution in [1.82, 2.24) is 23.1 Å². The maximum atomic E-state index is 13.3. The van der Waals surface area contributed by atoms with Gasteiger partial charge in [-0.3, -0.25) is 22.9 Å². The molecule has 0 aliphatic carbocycles. The Balaban J connectivity index is 2.03. The zero-order valence-corrected chi connectivity index (χ0v) is 17.5. The fourth-order valence-corrected chi connectivity index (χ4v) is 3.81. The van der Waals surface area contributed by atoms with E-state index in [1.54, 1.807) is 7.05 Å². The summed E-state index contributed by atoms with van der Waals surface area (Å²) < 4.78 is 11.7. The van der Waals surface area contributed by atoms with Gasteiger partial charge in [-0.15, -0.1) is 0 Å². The predicted octanol–water partition coefficient (Wildman–Crippen LogP) is 1.28. The Morgan fingerprint density at radius 1 is 1.10 bits per heavy atom. The molecule has 1 aromatic carbocycles. The van der Waals surface area contributed by atoms with Gasteiger partial charge in [0, 0.05) is 30.7 Å². The minimum atomic E-state index is -0.416. The number of aliphatic hydroxyl groups is 1. The smallest absolute Gasteiger partial charge is 0.332 e. The van der Waals surface area contributed by atoms with E-state index in [1.807, 2.05) is 54.0 Å². The maximum absolute atomic E-state index is 13.3. The van der Waals surface area contributed by atoms with Crippen LogP contribution in [0.2, 0.25) is 0 Å². The van der Waals surface area contributed by atoms with Gasteiger partial charge in [0.2, 0.25) is 5.78 Å². The molecule has 4 rings (SSSR count). The first-order chi connectivity index (χ1) is 14.4. The zero-order chi connectivity index (χ0) is 21.6. The van der Waals surface area contributed by atoms with Gasteiger partial charge in [-0.2, -0.15) is 4.98 Å². The van der Waals surface area contributed by atoms with E-state index in [0.717, 1.165) is 22.6 Å². The molecule has 1 N–H and O–H groups in total. The highest BCUT2D eigenvalue weighted by atomic mass is 16.5. The van der Waals surface area contributed by atoms with Crippen LogP contribution in [0, 0.1) is 13.8 Å². The number of nitrogens with zero attached hydrogens (tertiary/aromatic N) is 5. The van der Waals surface area contributed by atoms with Crippen molar-refractivity contribution in [2.75, 3.05) is 13.2 Å². The van der Waals surface area contributed by atoms with E-state index in [9.17, 15) is 14.7 Å². The Hall–Kier alpha value is -3.17. The number of ether oxygens (including phenoxy) is 1. The summed E-state index contributed by atoms with van der Waals surface area (Å²) in [6.45, 7) is 6.72. The van der Waals surface area contributed by atoms with Gasteiger partial charge in [0.25, 0.3) is 5.56 Å². The summed E-state index contributed by atoms with van der Waals surface area (Å²) in [7, 11) is 1.62. The molecule has 3 heterocycles. The summed E-state index contributed by atoms with van der Waals surface area (Å²) in [5.74, 6) is 0.561. The molecule has 158 valence electrons. The lowest BCUT2D eigenvalue weighted by atomic mass is 10.2. The molecule has 0 aliphatic rings. The average molecular weight is 411 g/mol. The number of rotatable bonds is 6. The quantitative estimate of drug-likeness (QED) is 0.482. The number of aliphatic hydroxyl groups excluding tert-OH is 1. The minimum Gasteiger partial charge on any atom is -0.392 e. The van der Waals surface area contributed by atoms with Crippen molar-refractivity contribution in [3.63, 3.8) is 0 Å². The second kappa shape index (κ2) is 7.58. The summed E-state index contributed by atoms with van der Waals surface area (Å²) in [5, 5.41) is 9.31. The monoisotopic (exact) mass is 411 g/mol. The largest absolute Gasteiger partial charge is 0.392 e. The van der Waals surface area contributed by atoms with Gasteiger partial charge in [-0.25, -0.2) is 4.79 Å². The fraction of sp³-hybridized carbons (Fsp3) is 0.381. The summed E-state index contributed by atoms with van der Waals surface area (Å²) in [4.78, 5) is 30.7. The van der Waals surface area contributed by atoms with E-state index in [4.69, 9.17) is 4.74 Å². The van der Waals surface area contributed by atoms with Crippen molar-refractivity contribution in [3.05, 3.63) is 62.1 Å². The van der Waals surface area contributed by atoms with Gasteiger partial charge >= 0.3 is 5.69 Å². The summed E-state index contributed by atoms with van der Waals surface area (Å²) >= 11 is 0. The Morgan fingerprint density at radius 2 is 1.80 bits per heavy atom. The first-order valence-electron chi connectivity index (χ1n) is 9.88. The van der Waals surface area contributed by atoms with Crippen LogP contribution in [0.3, 0.4) is 0 Å². The molecule has 0 saturated carbocycles. The minimum absolute atomic E-state index is 0.0317. The molecule has 0 saturated heterocycles. The molecule has 4 aromatic rings. The van der Waals surface area contributed by atoms with Crippen LogP contribution < -0.4 is 11.2 Å². The van der Waals surface area contributed by atoms with Crippen LogP contribution in [0.25, 0.3) is 22.6 Å². The molecule has 0 bridgehead atoms. The molecule has 0 spiro atoms. The van der Waals surface area contributed by atoms with E-state index in [0.29, 0.717) is 23.5 Å². The fourth-order valence-electron chi connectivity index (χ4n) is 3.81. The third kappa shape index (κ3) is 2.89. The molecule has 9 nitrogen and oxygen atoms in total. The van der Waals surface area contributed by atoms with E-state index in [-0.39, 0.29) is 25.3 Å². The van der Waals surface area contributed by atoms with Crippen molar-refractivity contribution < 1.29 is 9.84 Å². The van der Waals surface area contributed by atoms with Crippen LogP contribution in [0.15, 0.2) is 33.9 Å². The first-order valence-corrected chi connectivity index (χ1v) is 9.88. The SMILES string of the molecule is CCOCCn1c(=O)c2c(nc3n(-c4ccc(CO)cc4)c(C)c(C)n23)n(C)c1=O. The molecule has 0 unspecified atom stereocenters. The lowest BCUT2D eigenvalue weighted by Gasteiger charge is -2.09. The van der Waals surface area contributed by atoms with Crippen molar-refractivity contribution in [1.29, 1.82) is 0 Å². The molecule has 0 aliphatic heterocycles. The summed E-state index contributed by atoms with van der Waals surface area (Å²) in [5.41, 5.74) is 3.39. The normalized spacial score (nSPS) is 11.8. The molecule has 0 radical (unpaired) electrons. The van der Waals surface area contributed by atoms with E-state index in [1.165, 1.54) is 9.13 Å².